The zero-order valence-electron chi connectivity index (χ0n) is 16.6. The summed E-state index contributed by atoms with van der Waals surface area (Å²) in [4.78, 5) is 30.4. The molecule has 0 bridgehead atoms. The van der Waals surface area contributed by atoms with Crippen LogP contribution in [-0.2, 0) is 0 Å². The summed E-state index contributed by atoms with van der Waals surface area (Å²) < 4.78 is 0. The molecule has 1 amide bonds. The lowest BCUT2D eigenvalue weighted by Crippen LogP contribution is -2.47. The molecule has 1 aliphatic heterocycles. The number of carbonyl (C=O) groups excluding carboxylic acids is 1. The lowest BCUT2D eigenvalue weighted by Gasteiger charge is -2.36. The molecule has 1 aliphatic rings. The van der Waals surface area contributed by atoms with Gasteiger partial charge in [0, 0.05) is 38.4 Å². The van der Waals surface area contributed by atoms with Crippen molar-refractivity contribution >= 4 is 23.2 Å². The SMILES string of the molecule is Cc1nc(C(=O)Nc2ccccc2C#N)cc(N2CCN(c3ccccn3)CC2)n1. The summed E-state index contributed by atoms with van der Waals surface area (Å²) >= 11 is 0. The van der Waals surface area contributed by atoms with Gasteiger partial charge in [-0.25, -0.2) is 15.0 Å². The van der Waals surface area contributed by atoms with Gasteiger partial charge < -0.3 is 15.1 Å². The Hall–Kier alpha value is -3.99. The van der Waals surface area contributed by atoms with E-state index in [1.54, 1.807) is 43.5 Å². The Kier molecular flexibility index (Phi) is 5.52. The minimum Gasteiger partial charge on any atom is -0.353 e. The summed E-state index contributed by atoms with van der Waals surface area (Å²) in [5.41, 5.74) is 1.15. The van der Waals surface area contributed by atoms with E-state index < -0.39 is 0 Å². The zero-order valence-corrected chi connectivity index (χ0v) is 16.6. The van der Waals surface area contributed by atoms with Crippen molar-refractivity contribution in [1.29, 1.82) is 5.26 Å². The number of hydrogen-bond donors (Lipinski definition) is 1. The second-order valence-corrected chi connectivity index (χ2v) is 6.93. The summed E-state index contributed by atoms with van der Waals surface area (Å²) in [7, 11) is 0. The molecule has 30 heavy (non-hydrogen) atoms. The molecule has 0 atom stereocenters. The maximum atomic E-state index is 12.8. The minimum absolute atomic E-state index is 0.275. The van der Waals surface area contributed by atoms with Gasteiger partial charge in [-0.3, -0.25) is 4.79 Å². The number of nitrogens with zero attached hydrogens (tertiary/aromatic N) is 6. The van der Waals surface area contributed by atoms with Gasteiger partial charge in [0.25, 0.3) is 5.91 Å². The van der Waals surface area contributed by atoms with Gasteiger partial charge in [-0.1, -0.05) is 18.2 Å². The normalized spacial score (nSPS) is 13.6. The van der Waals surface area contributed by atoms with Crippen LogP contribution in [0, 0.1) is 18.3 Å². The zero-order chi connectivity index (χ0) is 20.9. The summed E-state index contributed by atoms with van der Waals surface area (Å²) in [5.74, 6) is 1.85. The maximum Gasteiger partial charge on any atom is 0.274 e. The molecule has 2 aromatic heterocycles. The van der Waals surface area contributed by atoms with Crippen molar-refractivity contribution in [1.82, 2.24) is 15.0 Å². The lowest BCUT2D eigenvalue weighted by molar-refractivity contribution is 0.102. The highest BCUT2D eigenvalue weighted by molar-refractivity contribution is 6.04. The van der Waals surface area contributed by atoms with Gasteiger partial charge >= 0.3 is 0 Å². The number of anilines is 3. The van der Waals surface area contributed by atoms with E-state index in [4.69, 9.17) is 0 Å². The molecule has 1 saturated heterocycles. The number of benzene rings is 1. The van der Waals surface area contributed by atoms with E-state index in [1.807, 2.05) is 18.2 Å². The maximum absolute atomic E-state index is 12.8. The number of aromatic nitrogens is 3. The number of pyridine rings is 1. The van der Waals surface area contributed by atoms with E-state index in [9.17, 15) is 10.1 Å². The van der Waals surface area contributed by atoms with Gasteiger partial charge in [0.2, 0.25) is 0 Å². The van der Waals surface area contributed by atoms with Crippen LogP contribution in [0.2, 0.25) is 0 Å². The molecule has 150 valence electrons. The predicted molar refractivity (Wildman–Crippen MR) is 115 cm³/mol. The molecule has 0 spiro atoms. The molecule has 1 aromatic carbocycles. The molecule has 1 fully saturated rings. The van der Waals surface area contributed by atoms with E-state index >= 15 is 0 Å². The Morgan fingerprint density at radius 3 is 2.40 bits per heavy atom. The van der Waals surface area contributed by atoms with Gasteiger partial charge in [-0.15, -0.1) is 0 Å². The summed E-state index contributed by atoms with van der Waals surface area (Å²) in [5, 5.41) is 12.0. The third kappa shape index (κ3) is 4.20. The topological polar surface area (TPSA) is 98.0 Å². The molecule has 8 nitrogen and oxygen atoms in total. The standard InChI is InChI=1S/C22H21N7O/c1-16-25-19(22(30)27-18-7-3-2-6-17(18)15-23)14-21(26-16)29-12-10-28(11-13-29)20-8-4-5-9-24-20/h2-9,14H,10-13H2,1H3,(H,27,30). The smallest absolute Gasteiger partial charge is 0.274 e. The third-order valence-electron chi connectivity index (χ3n) is 4.93. The van der Waals surface area contributed by atoms with Crippen molar-refractivity contribution in [3.05, 3.63) is 71.8 Å². The van der Waals surface area contributed by atoms with E-state index in [1.165, 1.54) is 0 Å². The molecule has 3 aromatic rings. The van der Waals surface area contributed by atoms with Crippen LogP contribution in [0.25, 0.3) is 0 Å². The second kappa shape index (κ2) is 8.57. The van der Waals surface area contributed by atoms with E-state index in [2.05, 4.69) is 36.1 Å². The van der Waals surface area contributed by atoms with Crippen molar-refractivity contribution in [2.45, 2.75) is 6.92 Å². The molecule has 0 aliphatic carbocycles. The first-order valence-corrected chi connectivity index (χ1v) is 9.71. The van der Waals surface area contributed by atoms with Crippen molar-refractivity contribution in [3.8, 4) is 6.07 Å². The molecule has 8 heteroatoms. The fourth-order valence-electron chi connectivity index (χ4n) is 3.41. The Morgan fingerprint density at radius 1 is 1.00 bits per heavy atom. The highest BCUT2D eigenvalue weighted by Crippen LogP contribution is 2.20. The Bertz CT molecular complexity index is 1090. The van der Waals surface area contributed by atoms with Gasteiger partial charge in [0.15, 0.2) is 0 Å². The number of nitriles is 1. The molecule has 0 unspecified atom stereocenters. The monoisotopic (exact) mass is 399 g/mol. The number of hydrogen-bond acceptors (Lipinski definition) is 7. The largest absolute Gasteiger partial charge is 0.353 e. The minimum atomic E-state index is -0.364. The first-order valence-electron chi connectivity index (χ1n) is 9.71. The second-order valence-electron chi connectivity index (χ2n) is 6.93. The van der Waals surface area contributed by atoms with Crippen LogP contribution in [0.15, 0.2) is 54.7 Å². The predicted octanol–water partition coefficient (Wildman–Crippen LogP) is 2.63. The van der Waals surface area contributed by atoms with Gasteiger partial charge in [-0.2, -0.15) is 5.26 Å². The van der Waals surface area contributed by atoms with Crippen LogP contribution in [0.5, 0.6) is 0 Å². The van der Waals surface area contributed by atoms with E-state index in [-0.39, 0.29) is 11.6 Å². The Morgan fingerprint density at radius 2 is 1.70 bits per heavy atom. The van der Waals surface area contributed by atoms with Crippen molar-refractivity contribution < 1.29 is 4.79 Å². The first kappa shape index (κ1) is 19.3. The molecule has 1 N–H and O–H groups in total. The van der Waals surface area contributed by atoms with Crippen LogP contribution >= 0.6 is 0 Å². The van der Waals surface area contributed by atoms with Crippen molar-refractivity contribution in [3.63, 3.8) is 0 Å². The van der Waals surface area contributed by atoms with Gasteiger partial charge in [-0.05, 0) is 31.2 Å². The van der Waals surface area contributed by atoms with E-state index in [0.717, 1.165) is 37.8 Å². The Labute approximate surface area is 174 Å². The number of para-hydroxylation sites is 1. The molecular weight excluding hydrogens is 378 g/mol. The summed E-state index contributed by atoms with van der Waals surface area (Å²) in [6.45, 7) is 4.94. The molecule has 0 saturated carbocycles. The average molecular weight is 399 g/mol. The highest BCUT2D eigenvalue weighted by Gasteiger charge is 2.21. The number of rotatable bonds is 4. The van der Waals surface area contributed by atoms with E-state index in [0.29, 0.717) is 17.1 Å². The van der Waals surface area contributed by atoms with Gasteiger partial charge in [0.1, 0.15) is 29.2 Å². The molecule has 4 rings (SSSR count). The number of piperazine rings is 1. The Balaban J connectivity index is 1.48. The van der Waals surface area contributed by atoms with Crippen molar-refractivity contribution in [2.24, 2.45) is 0 Å². The molecular formula is C22H21N7O. The molecule has 3 heterocycles. The van der Waals surface area contributed by atoms with Crippen LogP contribution in [-0.4, -0.2) is 47.0 Å². The number of amides is 1. The van der Waals surface area contributed by atoms with Crippen molar-refractivity contribution in [2.75, 3.05) is 41.3 Å². The quantitative estimate of drug-likeness (QED) is 0.720. The van der Waals surface area contributed by atoms with Crippen LogP contribution in [0.3, 0.4) is 0 Å². The number of nitrogens with one attached hydrogen (secondary N) is 1. The number of carbonyl (C=O) groups is 1. The van der Waals surface area contributed by atoms with Crippen LogP contribution < -0.4 is 15.1 Å². The fraction of sp³-hybridized carbons (Fsp3) is 0.227. The van der Waals surface area contributed by atoms with Gasteiger partial charge in [0.05, 0.1) is 11.3 Å². The first-order chi connectivity index (χ1) is 14.6. The summed E-state index contributed by atoms with van der Waals surface area (Å²) in [6, 6.07) is 16.6. The van der Waals surface area contributed by atoms with Crippen LogP contribution in [0.4, 0.5) is 17.3 Å². The number of aryl methyl sites for hydroxylation is 1. The summed E-state index contributed by atoms with van der Waals surface area (Å²) in [6.07, 6.45) is 1.80. The lowest BCUT2D eigenvalue weighted by atomic mass is 10.2. The average Bonchev–Trinajstić information content (AvgIpc) is 2.79. The fourth-order valence-corrected chi connectivity index (χ4v) is 3.41. The highest BCUT2D eigenvalue weighted by atomic mass is 16.1. The molecule has 0 radical (unpaired) electrons. The third-order valence-corrected chi connectivity index (χ3v) is 4.93. The van der Waals surface area contributed by atoms with Crippen LogP contribution in [0.1, 0.15) is 21.9 Å².